The molecule has 0 aromatic heterocycles. The lowest BCUT2D eigenvalue weighted by Gasteiger charge is -2.37. The second kappa shape index (κ2) is 7.38. The van der Waals surface area contributed by atoms with Crippen LogP contribution in [0.15, 0.2) is 11.3 Å². The Morgan fingerprint density at radius 1 is 1.24 bits per heavy atom. The fraction of sp³-hybridized carbons (Fsp3) is 0.812. The third-order valence-corrected chi connectivity index (χ3v) is 4.36. The van der Waals surface area contributed by atoms with Gasteiger partial charge in [0, 0.05) is 12.8 Å². The van der Waals surface area contributed by atoms with E-state index in [4.69, 9.17) is 4.74 Å². The molecule has 0 bridgehead atoms. The predicted molar refractivity (Wildman–Crippen MR) is 77.5 cm³/mol. The lowest BCUT2D eigenvalue weighted by molar-refractivity contribution is -0.123. The first kappa shape index (κ1) is 16.5. The molecule has 0 saturated carbocycles. The molecule has 1 heterocycles. The summed E-state index contributed by atoms with van der Waals surface area (Å²) in [6, 6.07) is 0. The first-order chi connectivity index (χ1) is 10.0. The molecule has 0 amide bonds. The summed E-state index contributed by atoms with van der Waals surface area (Å²) in [7, 11) is 0. The third kappa shape index (κ3) is 3.84. The Bertz CT molecular complexity index is 403. The van der Waals surface area contributed by atoms with Gasteiger partial charge >= 0.3 is 0 Å². The van der Waals surface area contributed by atoms with Crippen LogP contribution in [0.5, 0.6) is 0 Å². The number of Topliss-reactive ketones (excluding diaryl/α,β-unsaturated/α-hetero) is 1. The van der Waals surface area contributed by atoms with Gasteiger partial charge in [-0.25, -0.2) is 0 Å². The Balaban J connectivity index is 1.98. The van der Waals surface area contributed by atoms with Crippen LogP contribution < -0.4 is 0 Å². The Kier molecular flexibility index (Phi) is 5.79. The maximum atomic E-state index is 11.8. The molecule has 0 aromatic rings. The average Bonchev–Trinajstić information content (AvgIpc) is 2.46. The summed E-state index contributed by atoms with van der Waals surface area (Å²) in [5.41, 5.74) is 0.211. The maximum absolute atomic E-state index is 11.8. The van der Waals surface area contributed by atoms with Crippen molar-refractivity contribution < 1.29 is 24.9 Å². The van der Waals surface area contributed by atoms with Crippen molar-refractivity contribution in [2.24, 2.45) is 0 Å². The van der Waals surface area contributed by atoms with Crippen LogP contribution in [-0.4, -0.2) is 45.5 Å². The van der Waals surface area contributed by atoms with Crippen molar-refractivity contribution >= 4 is 5.78 Å². The van der Waals surface area contributed by atoms with Gasteiger partial charge in [0.25, 0.3) is 0 Å². The van der Waals surface area contributed by atoms with E-state index >= 15 is 0 Å². The monoisotopic (exact) mass is 298 g/mol. The molecule has 0 saturated heterocycles. The first-order valence-corrected chi connectivity index (χ1v) is 8.02. The van der Waals surface area contributed by atoms with Crippen molar-refractivity contribution in [2.75, 3.05) is 0 Å². The molecule has 120 valence electrons. The summed E-state index contributed by atoms with van der Waals surface area (Å²) in [5, 5.41) is 30.3. The minimum absolute atomic E-state index is 0.154. The predicted octanol–water partition coefficient (Wildman–Crippen LogP) is 1.45. The van der Waals surface area contributed by atoms with Crippen LogP contribution >= 0.6 is 0 Å². The molecule has 0 spiro atoms. The molecule has 0 fully saturated rings. The summed E-state index contributed by atoms with van der Waals surface area (Å²) < 4.78 is 5.66. The van der Waals surface area contributed by atoms with E-state index in [1.807, 2.05) is 0 Å². The maximum Gasteiger partial charge on any atom is 0.165 e. The lowest BCUT2D eigenvalue weighted by Crippen LogP contribution is -2.43. The summed E-state index contributed by atoms with van der Waals surface area (Å²) in [5.74, 6) is 0.0290. The second-order valence-electron chi connectivity index (χ2n) is 6.08. The fourth-order valence-corrected chi connectivity index (χ4v) is 3.09. The zero-order chi connectivity index (χ0) is 15.4. The van der Waals surface area contributed by atoms with Gasteiger partial charge in [0.15, 0.2) is 5.78 Å². The molecule has 0 radical (unpaired) electrons. The average molecular weight is 298 g/mol. The molecule has 1 aliphatic heterocycles. The van der Waals surface area contributed by atoms with E-state index in [9.17, 15) is 20.1 Å². The SMILES string of the molecule is CCCCCCC(O)C1CC(O)C2=C(O1)C(O)CCC2=O. The van der Waals surface area contributed by atoms with E-state index in [-0.39, 0.29) is 30.0 Å². The second-order valence-corrected chi connectivity index (χ2v) is 6.08. The highest BCUT2D eigenvalue weighted by molar-refractivity contribution is 5.98. The molecule has 0 aromatic carbocycles. The van der Waals surface area contributed by atoms with Gasteiger partial charge in [0.05, 0.1) is 17.8 Å². The molecule has 3 N–H and O–H groups in total. The van der Waals surface area contributed by atoms with Gasteiger partial charge in [0.1, 0.15) is 18.0 Å². The summed E-state index contributed by atoms with van der Waals surface area (Å²) in [4.78, 5) is 11.8. The van der Waals surface area contributed by atoms with Crippen LogP contribution in [0.4, 0.5) is 0 Å². The van der Waals surface area contributed by atoms with E-state index in [1.54, 1.807) is 0 Å². The standard InChI is InChI=1S/C16H26O5/c1-2-3-4-5-6-10(17)14-9-13(20)15-11(18)7-8-12(19)16(15)21-14/h10,12-14,17,19-20H,2-9H2,1H3. The Hall–Kier alpha value is -0.910. The molecule has 21 heavy (non-hydrogen) atoms. The Morgan fingerprint density at radius 3 is 2.71 bits per heavy atom. The molecular formula is C16H26O5. The molecule has 2 aliphatic rings. The van der Waals surface area contributed by atoms with Crippen molar-refractivity contribution in [3.8, 4) is 0 Å². The van der Waals surface area contributed by atoms with E-state index in [0.29, 0.717) is 12.8 Å². The zero-order valence-electron chi connectivity index (χ0n) is 12.6. The summed E-state index contributed by atoms with van der Waals surface area (Å²) in [6.07, 6.45) is 2.66. The van der Waals surface area contributed by atoms with Crippen LogP contribution in [0.25, 0.3) is 0 Å². The van der Waals surface area contributed by atoms with E-state index < -0.39 is 24.4 Å². The number of unbranched alkanes of at least 4 members (excludes halogenated alkanes) is 3. The normalized spacial score (nSPS) is 30.9. The van der Waals surface area contributed by atoms with E-state index in [2.05, 4.69) is 6.92 Å². The quantitative estimate of drug-likeness (QED) is 0.646. The molecule has 5 nitrogen and oxygen atoms in total. The summed E-state index contributed by atoms with van der Waals surface area (Å²) in [6.45, 7) is 2.13. The lowest BCUT2D eigenvalue weighted by atomic mass is 9.85. The number of ketones is 1. The largest absolute Gasteiger partial charge is 0.489 e. The highest BCUT2D eigenvalue weighted by Crippen LogP contribution is 2.34. The van der Waals surface area contributed by atoms with Gasteiger partial charge in [-0.1, -0.05) is 32.6 Å². The van der Waals surface area contributed by atoms with E-state index in [1.165, 1.54) is 0 Å². The number of hydrogen-bond donors (Lipinski definition) is 3. The van der Waals surface area contributed by atoms with Crippen molar-refractivity contribution in [1.29, 1.82) is 0 Å². The van der Waals surface area contributed by atoms with Gasteiger partial charge in [-0.3, -0.25) is 4.79 Å². The number of rotatable bonds is 6. The minimum atomic E-state index is -0.938. The molecule has 4 unspecified atom stereocenters. The number of hydrogen-bond acceptors (Lipinski definition) is 5. The molecule has 4 atom stereocenters. The number of carbonyl (C=O) groups excluding carboxylic acids is 1. The minimum Gasteiger partial charge on any atom is -0.489 e. The number of aliphatic hydroxyl groups is 3. The van der Waals surface area contributed by atoms with Crippen molar-refractivity contribution in [1.82, 2.24) is 0 Å². The van der Waals surface area contributed by atoms with Crippen molar-refractivity contribution in [3.63, 3.8) is 0 Å². The third-order valence-electron chi connectivity index (χ3n) is 4.36. The first-order valence-electron chi connectivity index (χ1n) is 8.02. The van der Waals surface area contributed by atoms with Crippen molar-refractivity contribution in [2.45, 2.75) is 82.7 Å². The smallest absolute Gasteiger partial charge is 0.165 e. The van der Waals surface area contributed by atoms with Crippen molar-refractivity contribution in [3.05, 3.63) is 11.3 Å². The molecule has 1 aliphatic carbocycles. The van der Waals surface area contributed by atoms with Gasteiger partial charge < -0.3 is 20.1 Å². The summed E-state index contributed by atoms with van der Waals surface area (Å²) >= 11 is 0. The van der Waals surface area contributed by atoms with E-state index in [0.717, 1.165) is 25.7 Å². The number of ether oxygens (including phenoxy) is 1. The van der Waals surface area contributed by atoms with Crippen LogP contribution in [-0.2, 0) is 9.53 Å². The number of carbonyl (C=O) groups is 1. The van der Waals surface area contributed by atoms with Gasteiger partial charge in [-0.2, -0.15) is 0 Å². The highest BCUT2D eigenvalue weighted by Gasteiger charge is 2.40. The number of aliphatic hydroxyl groups excluding tert-OH is 3. The fourth-order valence-electron chi connectivity index (χ4n) is 3.09. The highest BCUT2D eigenvalue weighted by atomic mass is 16.5. The van der Waals surface area contributed by atoms with Crippen LogP contribution in [0.3, 0.4) is 0 Å². The Morgan fingerprint density at radius 2 is 2.00 bits per heavy atom. The van der Waals surface area contributed by atoms with Crippen LogP contribution in [0.2, 0.25) is 0 Å². The topological polar surface area (TPSA) is 87.0 Å². The zero-order valence-corrected chi connectivity index (χ0v) is 12.6. The molecule has 2 rings (SSSR count). The van der Waals surface area contributed by atoms with Gasteiger partial charge in [0.2, 0.25) is 0 Å². The van der Waals surface area contributed by atoms with Crippen LogP contribution in [0, 0.1) is 0 Å². The van der Waals surface area contributed by atoms with Crippen LogP contribution in [0.1, 0.15) is 58.3 Å². The van der Waals surface area contributed by atoms with Gasteiger partial charge in [-0.15, -0.1) is 0 Å². The van der Waals surface area contributed by atoms with Gasteiger partial charge in [-0.05, 0) is 12.8 Å². The molecular weight excluding hydrogens is 272 g/mol. The Labute approximate surface area is 125 Å². The molecule has 5 heteroatoms.